The van der Waals surface area contributed by atoms with E-state index < -0.39 is 17.5 Å². The Hall–Kier alpha value is -4.72. The van der Waals surface area contributed by atoms with E-state index in [9.17, 15) is 9.59 Å². The van der Waals surface area contributed by atoms with Gasteiger partial charge in [0.1, 0.15) is 23.5 Å². The molecule has 0 aliphatic carbocycles. The molecule has 5 rings (SSSR count). The zero-order valence-electron chi connectivity index (χ0n) is 21.7. The molecule has 4 heterocycles. The number of carbonyl (C=O) groups is 2. The van der Waals surface area contributed by atoms with Crippen LogP contribution >= 0.6 is 0 Å². The molecular weight excluding hydrogens is 506 g/mol. The summed E-state index contributed by atoms with van der Waals surface area (Å²) in [5, 5.41) is 7.12. The minimum Gasteiger partial charge on any atom is -0.489 e. The number of aromatic nitrogens is 5. The van der Waals surface area contributed by atoms with Crippen molar-refractivity contribution >= 4 is 40.5 Å². The third kappa shape index (κ3) is 5.75. The number of esters is 1. The van der Waals surface area contributed by atoms with Gasteiger partial charge in [0, 0.05) is 38.3 Å². The third-order valence-corrected chi connectivity index (χ3v) is 6.05. The van der Waals surface area contributed by atoms with Gasteiger partial charge in [0.15, 0.2) is 17.1 Å². The predicted molar refractivity (Wildman–Crippen MR) is 141 cm³/mol. The minimum atomic E-state index is -0.838. The number of fused-ring (bicyclic) bond motifs is 1. The zero-order chi connectivity index (χ0) is 27.7. The van der Waals surface area contributed by atoms with Gasteiger partial charge < -0.3 is 35.6 Å². The van der Waals surface area contributed by atoms with Crippen LogP contribution in [-0.4, -0.2) is 68.5 Å². The van der Waals surface area contributed by atoms with E-state index in [4.69, 9.17) is 25.4 Å². The number of oxazole rings is 1. The van der Waals surface area contributed by atoms with Gasteiger partial charge in [-0.2, -0.15) is 10.1 Å². The van der Waals surface area contributed by atoms with E-state index in [0.29, 0.717) is 47.3 Å². The van der Waals surface area contributed by atoms with Crippen molar-refractivity contribution in [2.24, 2.45) is 18.5 Å². The molecule has 1 aliphatic rings. The number of benzene rings is 1. The van der Waals surface area contributed by atoms with E-state index in [-0.39, 0.29) is 30.6 Å². The van der Waals surface area contributed by atoms with Crippen molar-refractivity contribution in [3.8, 4) is 5.75 Å². The molecule has 1 fully saturated rings. The van der Waals surface area contributed by atoms with Crippen molar-refractivity contribution in [1.82, 2.24) is 24.7 Å². The molecule has 0 saturated carbocycles. The van der Waals surface area contributed by atoms with Crippen LogP contribution in [0.5, 0.6) is 5.75 Å². The first-order valence-electron chi connectivity index (χ1n) is 12.2. The highest BCUT2D eigenvalue weighted by molar-refractivity contribution is 5.96. The molecule has 0 bridgehead atoms. The second kappa shape index (κ2) is 10.2. The molecule has 0 unspecified atom stereocenters. The van der Waals surface area contributed by atoms with E-state index >= 15 is 0 Å². The van der Waals surface area contributed by atoms with Crippen LogP contribution in [-0.2, 0) is 16.6 Å². The topological polar surface area (TPSA) is 190 Å². The van der Waals surface area contributed by atoms with Crippen LogP contribution in [0.3, 0.4) is 0 Å². The highest BCUT2D eigenvalue weighted by Crippen LogP contribution is 2.34. The van der Waals surface area contributed by atoms with Crippen molar-refractivity contribution in [2.75, 3.05) is 36.5 Å². The lowest BCUT2D eigenvalue weighted by Crippen LogP contribution is -2.45. The summed E-state index contributed by atoms with van der Waals surface area (Å²) < 4.78 is 18.7. The van der Waals surface area contributed by atoms with Crippen LogP contribution < -0.4 is 26.4 Å². The van der Waals surface area contributed by atoms with Gasteiger partial charge >= 0.3 is 5.97 Å². The first-order valence-corrected chi connectivity index (χ1v) is 12.2. The molecule has 1 aliphatic heterocycles. The quantitative estimate of drug-likeness (QED) is 0.248. The third-order valence-electron chi connectivity index (χ3n) is 6.05. The minimum absolute atomic E-state index is 0.0235. The van der Waals surface area contributed by atoms with Gasteiger partial charge in [-0.15, -0.1) is 0 Å². The van der Waals surface area contributed by atoms with Crippen LogP contribution in [0.1, 0.15) is 35.9 Å². The Balaban J connectivity index is 1.23. The van der Waals surface area contributed by atoms with E-state index in [2.05, 4.69) is 25.4 Å². The van der Waals surface area contributed by atoms with Crippen LogP contribution in [0.2, 0.25) is 0 Å². The van der Waals surface area contributed by atoms with Crippen LogP contribution in [0.4, 0.5) is 17.5 Å². The van der Waals surface area contributed by atoms with Crippen LogP contribution in [0, 0.1) is 0 Å². The maximum absolute atomic E-state index is 12.1. The molecule has 0 spiro atoms. The number of rotatable bonds is 10. The first-order chi connectivity index (χ1) is 18.6. The summed E-state index contributed by atoms with van der Waals surface area (Å²) in [5.41, 5.74) is 12.7. The second-order valence-electron chi connectivity index (χ2n) is 9.84. The lowest BCUT2D eigenvalue weighted by atomic mass is 9.97. The smallest absolute Gasteiger partial charge is 0.320 e. The van der Waals surface area contributed by atoms with E-state index in [1.54, 1.807) is 62.4 Å². The fourth-order valence-electron chi connectivity index (χ4n) is 4.06. The summed E-state index contributed by atoms with van der Waals surface area (Å²) in [7, 11) is 1.78. The lowest BCUT2D eigenvalue weighted by molar-refractivity contribution is -0.157. The highest BCUT2D eigenvalue weighted by atomic mass is 16.6. The summed E-state index contributed by atoms with van der Waals surface area (Å²) in [6, 6.07) is 5.78. The van der Waals surface area contributed by atoms with Crippen LogP contribution in [0.25, 0.3) is 11.1 Å². The number of anilines is 3. The maximum atomic E-state index is 12.1. The number of hydrogen-bond acceptors (Lipinski definition) is 12. The molecule has 39 heavy (non-hydrogen) atoms. The van der Waals surface area contributed by atoms with Gasteiger partial charge in [-0.05, 0) is 26.0 Å². The number of primary amides is 1. The number of hydrogen-bond donors (Lipinski definition) is 3. The van der Waals surface area contributed by atoms with Crippen molar-refractivity contribution in [3.05, 3.63) is 48.2 Å². The van der Waals surface area contributed by atoms with Crippen molar-refractivity contribution in [2.45, 2.75) is 25.4 Å². The largest absolute Gasteiger partial charge is 0.489 e. The summed E-state index contributed by atoms with van der Waals surface area (Å²) in [6.07, 6.45) is 5.00. The highest BCUT2D eigenvalue weighted by Gasteiger charge is 2.33. The summed E-state index contributed by atoms with van der Waals surface area (Å²) in [4.78, 5) is 39.0. The van der Waals surface area contributed by atoms with Crippen molar-refractivity contribution in [3.63, 3.8) is 0 Å². The molecule has 1 aromatic carbocycles. The zero-order valence-corrected chi connectivity index (χ0v) is 21.7. The average Bonchev–Trinajstić information content (AvgIpc) is 3.47. The van der Waals surface area contributed by atoms with Gasteiger partial charge in [0.05, 0.1) is 30.3 Å². The predicted octanol–water partition coefficient (Wildman–Crippen LogP) is 1.46. The number of nitrogens with two attached hydrogens (primary N) is 2. The molecule has 0 radical (unpaired) electrons. The average molecular weight is 536 g/mol. The Labute approximate surface area is 223 Å². The molecular formula is C25H29N9O5. The Morgan fingerprint density at radius 1 is 1.23 bits per heavy atom. The monoisotopic (exact) mass is 535 g/mol. The summed E-state index contributed by atoms with van der Waals surface area (Å²) >= 11 is 0. The number of nitrogens with one attached hydrogen (secondary N) is 1. The van der Waals surface area contributed by atoms with E-state index in [1.165, 1.54) is 0 Å². The fourth-order valence-corrected chi connectivity index (χ4v) is 4.06. The van der Waals surface area contributed by atoms with Crippen molar-refractivity contribution in [1.29, 1.82) is 0 Å². The fraction of sp³-hybridized carbons (Fsp3) is 0.360. The number of amides is 1. The summed E-state index contributed by atoms with van der Waals surface area (Å²) in [5.74, 6) is -0.327. The molecule has 1 amide bonds. The Bertz CT molecular complexity index is 1520. The van der Waals surface area contributed by atoms with Gasteiger partial charge in [-0.25, -0.2) is 9.97 Å². The van der Waals surface area contributed by atoms with Gasteiger partial charge in [-0.1, -0.05) is 0 Å². The van der Waals surface area contributed by atoms with Crippen molar-refractivity contribution < 1.29 is 23.5 Å². The standard InChI is InChI=1S/C25H29N9O5/c1-25(2,39-20(35)7-26)13-37-16-4-5-17-19(6-16)38-24(32-17)34-10-14(11-34)18-9-28-23(21(31-18)22(27)36)30-15-8-29-33(3)12-15/h4-6,8-9,12,14H,7,10-11,13,26H2,1-3H3,(H2,27,36)(H,28,30). The lowest BCUT2D eigenvalue weighted by Gasteiger charge is -2.37. The molecule has 5 N–H and O–H groups in total. The number of nitrogens with zero attached hydrogens (tertiary/aromatic N) is 6. The maximum Gasteiger partial charge on any atom is 0.320 e. The number of ether oxygens (including phenoxy) is 2. The second-order valence-corrected chi connectivity index (χ2v) is 9.84. The summed E-state index contributed by atoms with van der Waals surface area (Å²) in [6.45, 7) is 4.60. The van der Waals surface area contributed by atoms with Gasteiger partial charge in [0.2, 0.25) is 0 Å². The van der Waals surface area contributed by atoms with E-state index in [1.807, 2.05) is 4.90 Å². The van der Waals surface area contributed by atoms with Gasteiger partial charge in [-0.3, -0.25) is 14.3 Å². The molecule has 14 heteroatoms. The Morgan fingerprint density at radius 3 is 2.72 bits per heavy atom. The molecule has 0 atom stereocenters. The first kappa shape index (κ1) is 25.9. The molecule has 14 nitrogen and oxygen atoms in total. The normalized spacial score (nSPS) is 13.8. The molecule has 1 saturated heterocycles. The molecule has 4 aromatic rings. The molecule has 3 aromatic heterocycles. The van der Waals surface area contributed by atoms with Gasteiger partial charge in [0.25, 0.3) is 11.9 Å². The van der Waals surface area contributed by atoms with E-state index in [0.717, 1.165) is 0 Å². The van der Waals surface area contributed by atoms with Crippen LogP contribution in [0.15, 0.2) is 41.2 Å². The number of carbonyl (C=O) groups excluding carboxylic acids is 2. The SMILES string of the molecule is Cn1cc(Nc2ncc(C3CN(c4nc5ccc(OCC(C)(C)OC(=O)CN)cc5o4)C3)nc2C(N)=O)cn1. The Morgan fingerprint density at radius 2 is 2.03 bits per heavy atom. The Kier molecular flexibility index (Phi) is 6.78. The number of aryl methyl sites for hydroxylation is 1. The molecule has 204 valence electrons.